The molecule has 0 spiro atoms. The fourth-order valence-electron chi connectivity index (χ4n) is 2.71. The molecule has 1 aliphatic heterocycles. The van der Waals surface area contributed by atoms with Gasteiger partial charge < -0.3 is 19.2 Å². The lowest BCUT2D eigenvalue weighted by molar-refractivity contribution is 0.0349. The molecule has 24 heavy (non-hydrogen) atoms. The van der Waals surface area contributed by atoms with Crippen LogP contribution in [0.3, 0.4) is 0 Å². The lowest BCUT2D eigenvalue weighted by atomic mass is 10.1. The molecule has 2 heterocycles. The van der Waals surface area contributed by atoms with Gasteiger partial charge in [-0.3, -0.25) is 4.79 Å². The van der Waals surface area contributed by atoms with Crippen molar-refractivity contribution < 1.29 is 23.4 Å². The minimum atomic E-state index is -0.702. The van der Waals surface area contributed by atoms with E-state index in [9.17, 15) is 14.3 Å². The van der Waals surface area contributed by atoms with E-state index in [0.717, 1.165) is 0 Å². The van der Waals surface area contributed by atoms with Crippen LogP contribution in [-0.4, -0.2) is 46.2 Å². The molecule has 0 bridgehead atoms. The number of rotatable bonds is 3. The van der Waals surface area contributed by atoms with E-state index in [4.69, 9.17) is 9.15 Å². The van der Waals surface area contributed by atoms with Gasteiger partial charge in [-0.25, -0.2) is 9.37 Å². The second-order valence-corrected chi connectivity index (χ2v) is 5.80. The van der Waals surface area contributed by atoms with E-state index in [1.807, 2.05) is 0 Å². The zero-order valence-electron chi connectivity index (χ0n) is 13.3. The Kier molecular flexibility index (Phi) is 4.80. The van der Waals surface area contributed by atoms with E-state index in [1.165, 1.54) is 30.5 Å². The highest BCUT2D eigenvalue weighted by atomic mass is 19.1. The van der Waals surface area contributed by atoms with Gasteiger partial charge in [-0.15, -0.1) is 0 Å². The summed E-state index contributed by atoms with van der Waals surface area (Å²) in [4.78, 5) is 18.1. The number of aromatic nitrogens is 1. The fraction of sp³-hybridized carbons (Fsp3) is 0.412. The number of oxazole rings is 1. The number of hydrogen-bond acceptors (Lipinski definition) is 5. The zero-order chi connectivity index (χ0) is 17.1. The Bertz CT molecular complexity index is 701. The monoisotopic (exact) mass is 334 g/mol. The summed E-state index contributed by atoms with van der Waals surface area (Å²) in [5, 5.41) is 10.3. The molecule has 7 heteroatoms. The van der Waals surface area contributed by atoms with Crippen molar-refractivity contribution >= 4 is 5.91 Å². The third-order valence-corrected chi connectivity index (χ3v) is 4.03. The number of halogens is 1. The van der Waals surface area contributed by atoms with Crippen molar-refractivity contribution in [2.45, 2.75) is 32.0 Å². The van der Waals surface area contributed by atoms with E-state index >= 15 is 0 Å². The van der Waals surface area contributed by atoms with Crippen LogP contribution in [-0.2, 0) is 0 Å². The number of benzene rings is 1. The third-order valence-electron chi connectivity index (χ3n) is 4.03. The highest BCUT2D eigenvalue weighted by Gasteiger charge is 2.29. The van der Waals surface area contributed by atoms with Crippen LogP contribution in [0.5, 0.6) is 5.75 Å². The van der Waals surface area contributed by atoms with Crippen LogP contribution >= 0.6 is 0 Å². The van der Waals surface area contributed by atoms with Crippen LogP contribution in [0.25, 0.3) is 0 Å². The summed E-state index contributed by atoms with van der Waals surface area (Å²) in [6, 6.07) is 5.66. The molecular formula is C17H19FN2O4. The van der Waals surface area contributed by atoms with Crippen molar-refractivity contribution in [2.75, 3.05) is 13.1 Å². The van der Waals surface area contributed by atoms with Crippen LogP contribution in [0.15, 0.2) is 34.9 Å². The molecule has 3 rings (SSSR count). The zero-order valence-corrected chi connectivity index (χ0v) is 13.3. The first-order valence-corrected chi connectivity index (χ1v) is 7.84. The van der Waals surface area contributed by atoms with Crippen molar-refractivity contribution in [1.29, 1.82) is 0 Å². The SMILES string of the molecule is Cc1nc(C(=O)N2CC[C@H](Oc3ccc(F)cc3)[C@@H](O)CC2)co1. The molecule has 1 aromatic carbocycles. The Hall–Kier alpha value is -2.41. The average molecular weight is 334 g/mol. The van der Waals surface area contributed by atoms with Gasteiger partial charge in [0, 0.05) is 26.4 Å². The summed E-state index contributed by atoms with van der Waals surface area (Å²) in [5.41, 5.74) is 0.264. The molecule has 1 fully saturated rings. The van der Waals surface area contributed by atoms with Crippen molar-refractivity contribution in [1.82, 2.24) is 9.88 Å². The Morgan fingerprint density at radius 1 is 1.33 bits per heavy atom. The Labute approximate surface area is 138 Å². The maximum Gasteiger partial charge on any atom is 0.275 e. The van der Waals surface area contributed by atoms with Gasteiger partial charge in [0.15, 0.2) is 11.6 Å². The largest absolute Gasteiger partial charge is 0.488 e. The molecule has 0 aliphatic carbocycles. The lowest BCUT2D eigenvalue weighted by Gasteiger charge is -2.21. The first-order chi connectivity index (χ1) is 11.5. The van der Waals surface area contributed by atoms with Gasteiger partial charge in [0.2, 0.25) is 0 Å². The number of likely N-dealkylation sites (tertiary alicyclic amines) is 1. The van der Waals surface area contributed by atoms with Gasteiger partial charge in [0.1, 0.15) is 23.9 Å². The van der Waals surface area contributed by atoms with Crippen molar-refractivity contribution in [3.63, 3.8) is 0 Å². The molecule has 1 aromatic heterocycles. The maximum atomic E-state index is 12.9. The Morgan fingerprint density at radius 3 is 2.71 bits per heavy atom. The molecule has 6 nitrogen and oxygen atoms in total. The maximum absolute atomic E-state index is 12.9. The molecule has 1 saturated heterocycles. The fourth-order valence-corrected chi connectivity index (χ4v) is 2.71. The van der Waals surface area contributed by atoms with Gasteiger partial charge in [-0.2, -0.15) is 0 Å². The normalized spacial score (nSPS) is 21.4. The van der Waals surface area contributed by atoms with Crippen molar-refractivity contribution in [3.8, 4) is 5.75 Å². The van der Waals surface area contributed by atoms with Crippen LogP contribution < -0.4 is 4.74 Å². The van der Waals surface area contributed by atoms with Gasteiger partial charge in [0.25, 0.3) is 5.91 Å². The van der Waals surface area contributed by atoms with Gasteiger partial charge in [-0.1, -0.05) is 0 Å². The van der Waals surface area contributed by atoms with Crippen LogP contribution in [0.4, 0.5) is 4.39 Å². The molecule has 1 N–H and O–H groups in total. The smallest absolute Gasteiger partial charge is 0.275 e. The molecule has 1 aliphatic rings. The van der Waals surface area contributed by atoms with E-state index in [2.05, 4.69) is 4.98 Å². The number of nitrogens with zero attached hydrogens (tertiary/aromatic N) is 2. The number of aliphatic hydroxyl groups is 1. The number of carbonyl (C=O) groups excluding carboxylic acids is 1. The predicted octanol–water partition coefficient (Wildman–Crippen LogP) is 2.17. The van der Waals surface area contributed by atoms with E-state index < -0.39 is 12.2 Å². The van der Waals surface area contributed by atoms with Gasteiger partial charge >= 0.3 is 0 Å². The third kappa shape index (κ3) is 3.73. The molecule has 2 atom stereocenters. The topological polar surface area (TPSA) is 75.8 Å². The number of hydrogen-bond donors (Lipinski definition) is 1. The highest BCUT2D eigenvalue weighted by molar-refractivity contribution is 5.92. The second kappa shape index (κ2) is 7.00. The summed E-state index contributed by atoms with van der Waals surface area (Å²) in [7, 11) is 0. The number of aliphatic hydroxyl groups excluding tert-OH is 1. The minimum absolute atomic E-state index is 0.221. The number of amides is 1. The predicted molar refractivity (Wildman–Crippen MR) is 83.2 cm³/mol. The van der Waals surface area contributed by atoms with Gasteiger partial charge in [-0.05, 0) is 30.7 Å². The van der Waals surface area contributed by atoms with Crippen molar-refractivity contribution in [2.24, 2.45) is 0 Å². The van der Waals surface area contributed by atoms with E-state index in [0.29, 0.717) is 37.6 Å². The van der Waals surface area contributed by atoms with E-state index in [1.54, 1.807) is 11.8 Å². The summed E-state index contributed by atoms with van der Waals surface area (Å²) in [5.74, 6) is 0.364. The number of carbonyl (C=O) groups is 1. The van der Waals surface area contributed by atoms with Crippen LogP contribution in [0.1, 0.15) is 29.2 Å². The molecule has 2 aromatic rings. The number of ether oxygens (including phenoxy) is 1. The molecule has 1 amide bonds. The second-order valence-electron chi connectivity index (χ2n) is 5.80. The summed E-state index contributed by atoms with van der Waals surface area (Å²) >= 11 is 0. The molecular weight excluding hydrogens is 315 g/mol. The van der Waals surface area contributed by atoms with E-state index in [-0.39, 0.29) is 17.4 Å². The average Bonchev–Trinajstić information content (AvgIpc) is 2.92. The lowest BCUT2D eigenvalue weighted by Crippen LogP contribution is -2.32. The quantitative estimate of drug-likeness (QED) is 0.931. The molecule has 0 unspecified atom stereocenters. The molecule has 0 saturated carbocycles. The summed E-state index contributed by atoms with van der Waals surface area (Å²) in [6.07, 6.45) is 1.06. The molecule has 0 radical (unpaired) electrons. The first kappa shape index (κ1) is 16.4. The first-order valence-electron chi connectivity index (χ1n) is 7.84. The highest BCUT2D eigenvalue weighted by Crippen LogP contribution is 2.21. The number of aryl methyl sites for hydroxylation is 1. The standard InChI is InChI=1S/C17H19FN2O4/c1-11-19-14(10-23-11)17(22)20-8-6-15(21)16(7-9-20)24-13-4-2-12(18)3-5-13/h2-5,10,15-16,21H,6-9H2,1H3/t15-,16-/m0/s1. The summed E-state index contributed by atoms with van der Waals surface area (Å²) in [6.45, 7) is 2.53. The Balaban J connectivity index is 1.64. The molecule has 128 valence electrons. The Morgan fingerprint density at radius 2 is 2.04 bits per heavy atom. The minimum Gasteiger partial charge on any atom is -0.488 e. The van der Waals surface area contributed by atoms with Crippen LogP contribution in [0, 0.1) is 12.7 Å². The summed E-state index contributed by atoms with van der Waals surface area (Å²) < 4.78 is 23.8. The van der Waals surface area contributed by atoms with Gasteiger partial charge in [0.05, 0.1) is 6.10 Å². The van der Waals surface area contributed by atoms with Crippen molar-refractivity contribution in [3.05, 3.63) is 47.9 Å². The van der Waals surface area contributed by atoms with Crippen LogP contribution in [0.2, 0.25) is 0 Å².